The number of aryl methyl sites for hydroxylation is 1. The minimum Gasteiger partial charge on any atom is -0.476 e. The lowest BCUT2D eigenvalue weighted by Crippen LogP contribution is -2.12. The Kier molecular flexibility index (Phi) is 2.18. The van der Waals surface area contributed by atoms with E-state index in [0.29, 0.717) is 5.92 Å². The molecule has 0 aromatic carbocycles. The average molecular weight is 230 g/mol. The van der Waals surface area contributed by atoms with Crippen molar-refractivity contribution in [2.75, 3.05) is 0 Å². The zero-order valence-corrected chi connectivity index (χ0v) is 9.68. The van der Waals surface area contributed by atoms with Crippen molar-refractivity contribution in [1.29, 1.82) is 0 Å². The Morgan fingerprint density at radius 1 is 1.53 bits per heavy atom. The molecule has 2 aromatic heterocycles. The number of hydrogen-bond acceptors (Lipinski definition) is 2. The van der Waals surface area contributed by atoms with Crippen LogP contribution in [-0.2, 0) is 0 Å². The van der Waals surface area contributed by atoms with Crippen molar-refractivity contribution in [3.63, 3.8) is 0 Å². The third-order valence-corrected chi connectivity index (χ3v) is 3.57. The molecular formula is C13H14N2O2. The van der Waals surface area contributed by atoms with Gasteiger partial charge in [0.25, 0.3) is 0 Å². The number of pyridine rings is 1. The Bertz CT molecular complexity index is 597. The summed E-state index contributed by atoms with van der Waals surface area (Å²) in [5.41, 5.74) is 1.88. The van der Waals surface area contributed by atoms with Crippen molar-refractivity contribution < 1.29 is 9.90 Å². The summed E-state index contributed by atoms with van der Waals surface area (Å²) in [6.45, 7) is 1.92. The Morgan fingerprint density at radius 3 is 2.88 bits per heavy atom. The number of nitrogens with zero attached hydrogens (tertiary/aromatic N) is 2. The fourth-order valence-electron chi connectivity index (χ4n) is 2.43. The van der Waals surface area contributed by atoms with Crippen LogP contribution >= 0.6 is 0 Å². The van der Waals surface area contributed by atoms with Crippen LogP contribution in [0.4, 0.5) is 0 Å². The quantitative estimate of drug-likeness (QED) is 0.862. The molecule has 2 heterocycles. The van der Waals surface area contributed by atoms with Crippen molar-refractivity contribution in [2.24, 2.45) is 0 Å². The fraction of sp³-hybridized carbons (Fsp3) is 0.385. The van der Waals surface area contributed by atoms with E-state index in [2.05, 4.69) is 4.98 Å². The standard InChI is InChI=1S/C13H14N2O2/c1-8-4-3-7-15-11(8)10(13(16)17)14-12(15)9-5-2-6-9/h3-4,7,9H,2,5-6H2,1H3,(H,16,17). The zero-order valence-electron chi connectivity index (χ0n) is 9.68. The van der Waals surface area contributed by atoms with E-state index in [-0.39, 0.29) is 5.69 Å². The van der Waals surface area contributed by atoms with Crippen LogP contribution in [0.15, 0.2) is 18.3 Å². The molecule has 0 aliphatic heterocycles. The number of rotatable bonds is 2. The number of carboxylic acids is 1. The topological polar surface area (TPSA) is 54.6 Å². The van der Waals surface area contributed by atoms with Gasteiger partial charge in [-0.05, 0) is 31.4 Å². The second kappa shape index (κ2) is 3.58. The molecule has 0 unspecified atom stereocenters. The van der Waals surface area contributed by atoms with Crippen LogP contribution < -0.4 is 0 Å². The summed E-state index contributed by atoms with van der Waals surface area (Å²) < 4.78 is 1.95. The minimum absolute atomic E-state index is 0.185. The molecule has 1 fully saturated rings. The van der Waals surface area contributed by atoms with Crippen molar-refractivity contribution in [3.05, 3.63) is 35.4 Å². The fourth-order valence-corrected chi connectivity index (χ4v) is 2.43. The SMILES string of the molecule is Cc1cccn2c(C3CCC3)nc(C(=O)O)c12. The van der Waals surface area contributed by atoms with E-state index in [4.69, 9.17) is 0 Å². The van der Waals surface area contributed by atoms with E-state index in [0.717, 1.165) is 29.7 Å². The van der Waals surface area contributed by atoms with Gasteiger partial charge >= 0.3 is 5.97 Å². The molecule has 0 spiro atoms. The molecule has 1 N–H and O–H groups in total. The molecule has 1 saturated carbocycles. The average Bonchev–Trinajstić information content (AvgIpc) is 2.57. The molecule has 0 radical (unpaired) electrons. The van der Waals surface area contributed by atoms with Crippen LogP contribution in [0, 0.1) is 6.92 Å². The monoisotopic (exact) mass is 230 g/mol. The number of carbonyl (C=O) groups is 1. The lowest BCUT2D eigenvalue weighted by Gasteiger charge is -2.23. The van der Waals surface area contributed by atoms with Crippen molar-refractivity contribution in [1.82, 2.24) is 9.38 Å². The van der Waals surface area contributed by atoms with Gasteiger partial charge in [-0.15, -0.1) is 0 Å². The molecule has 0 saturated heterocycles. The highest BCUT2D eigenvalue weighted by Gasteiger charge is 2.27. The number of fused-ring (bicyclic) bond motifs is 1. The molecule has 2 aromatic rings. The minimum atomic E-state index is -0.942. The summed E-state index contributed by atoms with van der Waals surface area (Å²) in [5.74, 6) is 0.395. The Hall–Kier alpha value is -1.84. The number of aromatic carboxylic acids is 1. The van der Waals surface area contributed by atoms with Gasteiger partial charge in [0.2, 0.25) is 0 Å². The third kappa shape index (κ3) is 1.44. The van der Waals surface area contributed by atoms with Crippen LogP contribution in [0.1, 0.15) is 47.1 Å². The summed E-state index contributed by atoms with van der Waals surface area (Å²) in [7, 11) is 0. The smallest absolute Gasteiger partial charge is 0.356 e. The summed E-state index contributed by atoms with van der Waals surface area (Å²) in [5, 5.41) is 9.22. The largest absolute Gasteiger partial charge is 0.476 e. The van der Waals surface area contributed by atoms with Crippen LogP contribution in [0.25, 0.3) is 5.52 Å². The van der Waals surface area contributed by atoms with E-state index in [1.165, 1.54) is 6.42 Å². The predicted octanol–water partition coefficient (Wildman–Crippen LogP) is 2.61. The maximum Gasteiger partial charge on any atom is 0.356 e. The molecule has 4 nitrogen and oxygen atoms in total. The molecule has 17 heavy (non-hydrogen) atoms. The van der Waals surface area contributed by atoms with Gasteiger partial charge in [-0.1, -0.05) is 12.5 Å². The maximum atomic E-state index is 11.2. The van der Waals surface area contributed by atoms with Gasteiger partial charge in [-0.3, -0.25) is 0 Å². The van der Waals surface area contributed by atoms with Crippen LogP contribution in [0.5, 0.6) is 0 Å². The third-order valence-electron chi connectivity index (χ3n) is 3.57. The summed E-state index contributed by atoms with van der Waals surface area (Å²) in [4.78, 5) is 15.6. The second-order valence-corrected chi connectivity index (χ2v) is 4.66. The molecule has 1 aliphatic carbocycles. The molecule has 0 atom stereocenters. The summed E-state index contributed by atoms with van der Waals surface area (Å²) in [6, 6.07) is 3.87. The van der Waals surface area contributed by atoms with E-state index in [1.54, 1.807) is 0 Å². The molecular weight excluding hydrogens is 216 g/mol. The van der Waals surface area contributed by atoms with Gasteiger partial charge in [0.1, 0.15) is 5.82 Å². The molecule has 1 aliphatic rings. The first-order valence-electron chi connectivity index (χ1n) is 5.89. The summed E-state index contributed by atoms with van der Waals surface area (Å²) >= 11 is 0. The van der Waals surface area contributed by atoms with Crippen LogP contribution in [0.2, 0.25) is 0 Å². The van der Waals surface area contributed by atoms with Gasteiger partial charge in [-0.2, -0.15) is 0 Å². The lowest BCUT2D eigenvalue weighted by atomic mass is 9.85. The van der Waals surface area contributed by atoms with Crippen LogP contribution in [0.3, 0.4) is 0 Å². The molecule has 4 heteroatoms. The van der Waals surface area contributed by atoms with E-state index in [1.807, 2.05) is 29.7 Å². The van der Waals surface area contributed by atoms with Gasteiger partial charge in [-0.25, -0.2) is 9.78 Å². The number of aromatic nitrogens is 2. The highest BCUT2D eigenvalue weighted by atomic mass is 16.4. The van der Waals surface area contributed by atoms with Crippen molar-refractivity contribution >= 4 is 11.5 Å². The van der Waals surface area contributed by atoms with Gasteiger partial charge in [0.15, 0.2) is 5.69 Å². The predicted molar refractivity (Wildman–Crippen MR) is 63.5 cm³/mol. The Balaban J connectivity index is 2.30. The Labute approximate surface area is 98.9 Å². The molecule has 0 amide bonds. The normalized spacial score (nSPS) is 16.1. The van der Waals surface area contributed by atoms with Gasteiger partial charge in [0.05, 0.1) is 5.52 Å². The lowest BCUT2D eigenvalue weighted by molar-refractivity contribution is 0.0693. The van der Waals surface area contributed by atoms with E-state index < -0.39 is 5.97 Å². The molecule has 0 bridgehead atoms. The van der Waals surface area contributed by atoms with E-state index >= 15 is 0 Å². The maximum absolute atomic E-state index is 11.2. The van der Waals surface area contributed by atoms with Crippen molar-refractivity contribution in [3.8, 4) is 0 Å². The van der Waals surface area contributed by atoms with Crippen LogP contribution in [-0.4, -0.2) is 20.5 Å². The highest BCUT2D eigenvalue weighted by Crippen LogP contribution is 2.36. The first-order chi connectivity index (χ1) is 8.18. The first kappa shape index (κ1) is 10.3. The van der Waals surface area contributed by atoms with E-state index in [9.17, 15) is 9.90 Å². The first-order valence-corrected chi connectivity index (χ1v) is 5.89. The highest BCUT2D eigenvalue weighted by molar-refractivity contribution is 5.94. The number of hydrogen-bond donors (Lipinski definition) is 1. The van der Waals surface area contributed by atoms with Gasteiger partial charge in [0, 0.05) is 12.1 Å². The molecule has 88 valence electrons. The zero-order chi connectivity index (χ0) is 12.0. The van der Waals surface area contributed by atoms with Crippen molar-refractivity contribution in [2.45, 2.75) is 32.1 Å². The summed E-state index contributed by atoms with van der Waals surface area (Å²) in [6.07, 6.45) is 5.36. The number of imidazole rings is 1. The number of carboxylic acid groups (broad SMARTS) is 1. The van der Waals surface area contributed by atoms with Gasteiger partial charge < -0.3 is 9.51 Å². The Morgan fingerprint density at radius 2 is 2.29 bits per heavy atom. The second-order valence-electron chi connectivity index (χ2n) is 4.66. The molecule has 3 rings (SSSR count).